The highest BCUT2D eigenvalue weighted by atomic mass is 79.9. The number of hydrogen-bond donors (Lipinski definition) is 0. The lowest BCUT2D eigenvalue weighted by atomic mass is 10.0. The normalized spacial score (nSPS) is 10.2. The van der Waals surface area contributed by atoms with E-state index in [9.17, 15) is 4.79 Å². The number of halogens is 1. The largest absolute Gasteiger partial charge is 0.497 e. The highest BCUT2D eigenvalue weighted by Crippen LogP contribution is 2.26. The molecule has 0 aliphatic carbocycles. The van der Waals surface area contributed by atoms with Gasteiger partial charge in [-0.05, 0) is 23.8 Å². The van der Waals surface area contributed by atoms with Crippen molar-refractivity contribution in [1.29, 1.82) is 0 Å². The molecule has 0 aliphatic rings. The van der Waals surface area contributed by atoms with E-state index in [4.69, 9.17) is 9.47 Å². The van der Waals surface area contributed by atoms with Crippen LogP contribution >= 0.6 is 15.9 Å². The number of methoxy groups -OCH3 is 2. The molecule has 0 unspecified atom stereocenters. The van der Waals surface area contributed by atoms with Gasteiger partial charge in [-0.1, -0.05) is 34.1 Å². The first-order chi connectivity index (χ1) is 9.65. The number of ketones is 1. The third kappa shape index (κ3) is 3.20. The molecule has 2 aromatic rings. The molecule has 0 saturated carbocycles. The maximum absolute atomic E-state index is 12.4. The number of carbonyl (C=O) groups excluding carboxylic acids is 1. The minimum Gasteiger partial charge on any atom is -0.497 e. The number of Topliss-reactive ketones (excluding diaryl/α,β-unsaturated/α-hetero) is 1. The molecule has 4 heteroatoms. The van der Waals surface area contributed by atoms with Gasteiger partial charge in [0.05, 0.1) is 19.8 Å². The van der Waals surface area contributed by atoms with Crippen molar-refractivity contribution in [3.8, 4) is 11.5 Å². The van der Waals surface area contributed by atoms with Crippen molar-refractivity contribution in [2.45, 2.75) is 6.42 Å². The van der Waals surface area contributed by atoms with Crippen LogP contribution in [-0.2, 0) is 6.42 Å². The standard InChI is InChI=1S/C16H15BrO3/c1-19-12-7-8-13(16(10-12)20-2)15(18)9-11-5-3-4-6-14(11)17/h3-8,10H,9H2,1-2H3. The fraction of sp³-hybridized carbons (Fsp3) is 0.188. The van der Waals surface area contributed by atoms with Crippen molar-refractivity contribution in [2.75, 3.05) is 14.2 Å². The summed E-state index contributed by atoms with van der Waals surface area (Å²) in [6, 6.07) is 12.9. The molecule has 0 heterocycles. The summed E-state index contributed by atoms with van der Waals surface area (Å²) in [4.78, 5) is 12.4. The van der Waals surface area contributed by atoms with Crippen LogP contribution in [0.15, 0.2) is 46.9 Å². The van der Waals surface area contributed by atoms with Crippen LogP contribution in [0.25, 0.3) is 0 Å². The van der Waals surface area contributed by atoms with E-state index in [2.05, 4.69) is 15.9 Å². The van der Waals surface area contributed by atoms with Gasteiger partial charge in [-0.25, -0.2) is 0 Å². The molecule has 0 spiro atoms. The van der Waals surface area contributed by atoms with E-state index < -0.39 is 0 Å². The summed E-state index contributed by atoms with van der Waals surface area (Å²) < 4.78 is 11.3. The van der Waals surface area contributed by atoms with Crippen molar-refractivity contribution >= 4 is 21.7 Å². The van der Waals surface area contributed by atoms with E-state index in [1.165, 1.54) is 0 Å². The Balaban J connectivity index is 2.27. The SMILES string of the molecule is COc1ccc(C(=O)Cc2ccccc2Br)c(OC)c1. The first-order valence-corrected chi connectivity index (χ1v) is 6.93. The van der Waals surface area contributed by atoms with Crippen molar-refractivity contribution in [2.24, 2.45) is 0 Å². The van der Waals surface area contributed by atoms with E-state index in [0.717, 1.165) is 10.0 Å². The lowest BCUT2D eigenvalue weighted by molar-refractivity contribution is 0.0990. The second kappa shape index (κ2) is 6.57. The average molecular weight is 335 g/mol. The van der Waals surface area contributed by atoms with Crippen LogP contribution in [0.2, 0.25) is 0 Å². The van der Waals surface area contributed by atoms with Crippen LogP contribution < -0.4 is 9.47 Å². The Kier molecular flexibility index (Phi) is 4.79. The molecule has 0 atom stereocenters. The molecular formula is C16H15BrO3. The molecule has 104 valence electrons. The fourth-order valence-electron chi connectivity index (χ4n) is 1.94. The molecule has 20 heavy (non-hydrogen) atoms. The number of benzene rings is 2. The van der Waals surface area contributed by atoms with Gasteiger partial charge >= 0.3 is 0 Å². The summed E-state index contributed by atoms with van der Waals surface area (Å²) in [6.45, 7) is 0. The van der Waals surface area contributed by atoms with Crippen molar-refractivity contribution < 1.29 is 14.3 Å². The zero-order valence-corrected chi connectivity index (χ0v) is 12.9. The maximum atomic E-state index is 12.4. The predicted octanol–water partition coefficient (Wildman–Crippen LogP) is 3.89. The fourth-order valence-corrected chi connectivity index (χ4v) is 2.36. The van der Waals surface area contributed by atoms with E-state index in [-0.39, 0.29) is 5.78 Å². The summed E-state index contributed by atoms with van der Waals surface area (Å²) in [7, 11) is 3.13. The third-order valence-corrected chi connectivity index (χ3v) is 3.79. The smallest absolute Gasteiger partial charge is 0.171 e. The van der Waals surface area contributed by atoms with Crippen molar-refractivity contribution in [3.05, 3.63) is 58.1 Å². The highest BCUT2D eigenvalue weighted by Gasteiger charge is 2.14. The Morgan fingerprint density at radius 2 is 1.85 bits per heavy atom. The van der Waals surface area contributed by atoms with E-state index in [1.807, 2.05) is 24.3 Å². The van der Waals surface area contributed by atoms with E-state index in [1.54, 1.807) is 32.4 Å². The van der Waals surface area contributed by atoms with Crippen molar-refractivity contribution in [3.63, 3.8) is 0 Å². The Morgan fingerprint density at radius 3 is 2.50 bits per heavy atom. The van der Waals surface area contributed by atoms with Gasteiger partial charge in [-0.15, -0.1) is 0 Å². The minimum atomic E-state index is 0.0106. The topological polar surface area (TPSA) is 35.5 Å². The Labute approximate surface area is 126 Å². The van der Waals surface area contributed by atoms with Gasteiger partial charge in [0.15, 0.2) is 5.78 Å². The lowest BCUT2D eigenvalue weighted by Gasteiger charge is -2.10. The molecule has 0 bridgehead atoms. The van der Waals surface area contributed by atoms with Gasteiger partial charge in [0.2, 0.25) is 0 Å². The molecule has 2 aromatic carbocycles. The zero-order chi connectivity index (χ0) is 14.5. The first-order valence-electron chi connectivity index (χ1n) is 6.14. The predicted molar refractivity (Wildman–Crippen MR) is 81.7 cm³/mol. The number of hydrogen-bond acceptors (Lipinski definition) is 3. The summed E-state index contributed by atoms with van der Waals surface area (Å²) in [5.74, 6) is 1.21. The van der Waals surface area contributed by atoms with Gasteiger partial charge in [-0.3, -0.25) is 4.79 Å². The summed E-state index contributed by atoms with van der Waals surface area (Å²) in [5, 5.41) is 0. The molecule has 2 rings (SSSR count). The molecule has 0 amide bonds. The second-order valence-corrected chi connectivity index (χ2v) is 5.11. The molecule has 0 fully saturated rings. The van der Waals surface area contributed by atoms with Crippen LogP contribution in [0, 0.1) is 0 Å². The van der Waals surface area contributed by atoms with E-state index in [0.29, 0.717) is 23.5 Å². The lowest BCUT2D eigenvalue weighted by Crippen LogP contribution is -2.06. The minimum absolute atomic E-state index is 0.0106. The number of carbonyl (C=O) groups is 1. The third-order valence-electron chi connectivity index (χ3n) is 3.02. The highest BCUT2D eigenvalue weighted by molar-refractivity contribution is 9.10. The van der Waals surface area contributed by atoms with Crippen LogP contribution in [0.4, 0.5) is 0 Å². The number of rotatable bonds is 5. The van der Waals surface area contributed by atoms with Crippen LogP contribution in [0.5, 0.6) is 11.5 Å². The molecule has 3 nitrogen and oxygen atoms in total. The Morgan fingerprint density at radius 1 is 1.10 bits per heavy atom. The molecule has 0 N–H and O–H groups in total. The first kappa shape index (κ1) is 14.6. The average Bonchev–Trinajstić information content (AvgIpc) is 2.48. The van der Waals surface area contributed by atoms with Gasteiger partial charge in [0.1, 0.15) is 11.5 Å². The molecule has 0 aliphatic heterocycles. The monoisotopic (exact) mass is 334 g/mol. The maximum Gasteiger partial charge on any atom is 0.171 e. The molecule has 0 aromatic heterocycles. The van der Waals surface area contributed by atoms with Crippen LogP contribution in [-0.4, -0.2) is 20.0 Å². The van der Waals surface area contributed by atoms with Gasteiger partial charge in [-0.2, -0.15) is 0 Å². The Hall–Kier alpha value is -1.81. The molecule has 0 radical (unpaired) electrons. The van der Waals surface area contributed by atoms with Crippen molar-refractivity contribution in [1.82, 2.24) is 0 Å². The van der Waals surface area contributed by atoms with E-state index >= 15 is 0 Å². The second-order valence-electron chi connectivity index (χ2n) is 4.26. The van der Waals surface area contributed by atoms with Crippen LogP contribution in [0.1, 0.15) is 15.9 Å². The van der Waals surface area contributed by atoms with Gasteiger partial charge < -0.3 is 9.47 Å². The summed E-state index contributed by atoms with van der Waals surface area (Å²) in [5.41, 5.74) is 1.51. The summed E-state index contributed by atoms with van der Waals surface area (Å²) >= 11 is 3.45. The zero-order valence-electron chi connectivity index (χ0n) is 11.4. The molecular weight excluding hydrogens is 320 g/mol. The Bertz CT molecular complexity index is 623. The van der Waals surface area contributed by atoms with Gasteiger partial charge in [0, 0.05) is 17.0 Å². The van der Waals surface area contributed by atoms with Crippen LogP contribution in [0.3, 0.4) is 0 Å². The van der Waals surface area contributed by atoms with Gasteiger partial charge in [0.25, 0.3) is 0 Å². The molecule has 0 saturated heterocycles. The number of ether oxygens (including phenoxy) is 2. The summed E-state index contributed by atoms with van der Waals surface area (Å²) in [6.07, 6.45) is 0.324. The quantitative estimate of drug-likeness (QED) is 0.778.